The van der Waals surface area contributed by atoms with E-state index in [1.807, 2.05) is 5.92 Å². The maximum Gasteiger partial charge on any atom is 0.382 e. The molecule has 0 saturated carbocycles. The monoisotopic (exact) mass is 1150 g/mol. The number of thioether (sulfide) groups is 1. The Bertz CT molecular complexity index is 2810. The van der Waals surface area contributed by atoms with Crippen LogP contribution in [0, 0.1) is 29.6 Å². The molecule has 3 aliphatic rings. The number of rotatable bonds is 18. The number of benzene rings is 1. The number of fused-ring (bicyclic) bond motifs is 5. The average molecular weight is 1150 g/mol. The van der Waals surface area contributed by atoms with E-state index in [1.54, 1.807) is 51.8 Å². The summed E-state index contributed by atoms with van der Waals surface area (Å²) in [6.45, 7) is 5.35. The molecule has 0 spiro atoms. The summed E-state index contributed by atoms with van der Waals surface area (Å²) in [4.78, 5) is 178. The first-order chi connectivity index (χ1) is 38.5. The van der Waals surface area contributed by atoms with Crippen LogP contribution >= 0.6 is 11.8 Å². The van der Waals surface area contributed by atoms with Crippen molar-refractivity contribution in [2.24, 2.45) is 23.5 Å². The molecule has 1 aromatic heterocycles. The highest BCUT2D eigenvalue weighted by Crippen LogP contribution is 2.34. The van der Waals surface area contributed by atoms with Crippen LogP contribution in [0.25, 0.3) is 10.9 Å². The summed E-state index contributed by atoms with van der Waals surface area (Å²) >= 11 is 1.02. The number of nitrogens with two attached hydrogens (primary N) is 1. The van der Waals surface area contributed by atoms with Crippen molar-refractivity contribution in [2.45, 2.75) is 140 Å². The number of nitrogens with zero attached hydrogens (tertiary/aromatic N) is 1. The first-order valence-electron chi connectivity index (χ1n) is 26.9. The van der Waals surface area contributed by atoms with Crippen LogP contribution in [0.5, 0.6) is 0 Å². The number of ketones is 3. The topological polar surface area (TPSA) is 401 Å². The Balaban J connectivity index is 1.52. The average Bonchev–Trinajstić information content (AvgIpc) is 4.04. The molecule has 9 amide bonds. The molecule has 1 aromatic carbocycles. The van der Waals surface area contributed by atoms with Crippen LogP contribution < -0.4 is 43.0 Å². The minimum absolute atomic E-state index is 0.0407. The summed E-state index contributed by atoms with van der Waals surface area (Å²) in [5.74, 6) is -9.30. The zero-order chi connectivity index (χ0) is 59.5. The molecule has 5 rings (SSSR count). The van der Waals surface area contributed by atoms with Gasteiger partial charge in [0.15, 0.2) is 5.78 Å². The predicted molar refractivity (Wildman–Crippen MR) is 290 cm³/mol. The number of aliphatic hydroxyl groups excluding tert-OH is 1. The van der Waals surface area contributed by atoms with Crippen LogP contribution in [0.4, 0.5) is 0 Å². The van der Waals surface area contributed by atoms with Gasteiger partial charge in [-0.1, -0.05) is 46.6 Å². The molecule has 1 saturated heterocycles. The maximum atomic E-state index is 14.7. The fourth-order valence-electron chi connectivity index (χ4n) is 9.47. The number of ether oxygens (including phenoxy) is 1. The van der Waals surface area contributed by atoms with Gasteiger partial charge in [0.1, 0.15) is 35.7 Å². The van der Waals surface area contributed by atoms with Crippen molar-refractivity contribution in [3.63, 3.8) is 0 Å². The summed E-state index contributed by atoms with van der Waals surface area (Å²) in [5.41, 5.74) is 7.03. The lowest BCUT2D eigenvalue weighted by atomic mass is 9.93. The molecule has 0 aliphatic carbocycles. The van der Waals surface area contributed by atoms with Crippen LogP contribution in [-0.4, -0.2) is 178 Å². The Morgan fingerprint density at radius 3 is 2.15 bits per heavy atom. The normalized spacial score (nSPS) is 23.4. The van der Waals surface area contributed by atoms with Gasteiger partial charge in [0, 0.05) is 93.0 Å². The standard InChI is InChI=1S/C54H72N10O16S/c1-5-28(3)47-51(77)58-24-44(71)59-39-27-81-53-36(35-19-30(10-11-37(35)61-53)18-33(66)9-7-8-32(65)14-16-80-17-15-56-43(70)12-13-46(73)74)23-38(49(75)57-25-45(72)62-47)60-52(78)48(29(4)6-2)63-50(76)40-22-34(67)26-64(40)54(79)31(20-41(39)68)21-42(55)69/h10-11,19,28-29,31,34,38-40,47-48,61,67H,5-9,14-18,20-27H2,1-4H3,(H2,55,69)(H,56,70)(H,57,75)(H,58,77)(H,59,71)(H,60,78)(H,62,72)(H,63,76)(H,73,74)/t28-,29?,31-,34+,38-,39-,40-,47-,48-/m0/s1. The van der Waals surface area contributed by atoms with Crippen LogP contribution in [0.15, 0.2) is 23.2 Å². The molecular formula is C54H72N10O16S. The maximum absolute atomic E-state index is 14.7. The highest BCUT2D eigenvalue weighted by atomic mass is 32.2. The van der Waals surface area contributed by atoms with Gasteiger partial charge in [0.25, 0.3) is 5.91 Å². The molecule has 1 fully saturated rings. The van der Waals surface area contributed by atoms with E-state index < -0.39 is 145 Å². The van der Waals surface area contributed by atoms with Crippen molar-refractivity contribution in [1.29, 1.82) is 0 Å². The molecule has 27 heteroatoms. The second kappa shape index (κ2) is 30.8. The van der Waals surface area contributed by atoms with Gasteiger partial charge >= 0.3 is 5.97 Å². The van der Waals surface area contributed by atoms with Gasteiger partial charge in [-0.3, -0.25) is 57.5 Å². The number of aromatic nitrogens is 1. The van der Waals surface area contributed by atoms with Gasteiger partial charge in [-0.25, -0.2) is 4.79 Å². The Kier molecular flexibility index (Phi) is 24.4. The predicted octanol–water partition coefficient (Wildman–Crippen LogP) is -2.03. The van der Waals surface area contributed by atoms with Gasteiger partial charge in [-0.05, 0) is 41.5 Å². The molecule has 9 atom stereocenters. The molecular weight excluding hydrogens is 1080 g/mol. The Morgan fingerprint density at radius 1 is 0.802 bits per heavy atom. The highest BCUT2D eigenvalue weighted by Gasteiger charge is 2.44. The van der Waals surface area contributed by atoms with E-state index >= 15 is 0 Å². The molecule has 440 valence electrons. The molecule has 1 unspecified atom stereocenters. The summed E-state index contributed by atoms with van der Waals surface area (Å²) in [5, 5.41) is 38.4. The lowest BCUT2D eigenvalue weighted by molar-refractivity contribution is -0.145. The van der Waals surface area contributed by atoms with Crippen molar-refractivity contribution in [3.05, 3.63) is 29.3 Å². The van der Waals surface area contributed by atoms with E-state index in [2.05, 4.69) is 42.2 Å². The Hall–Kier alpha value is -7.70. The molecule has 2 aromatic rings. The number of Topliss-reactive ketones (excluding diaryl/α,β-unsaturated/α-hetero) is 3. The number of amides is 9. The van der Waals surface area contributed by atoms with Crippen molar-refractivity contribution in [1.82, 2.24) is 47.1 Å². The zero-order valence-corrected chi connectivity index (χ0v) is 46.5. The minimum Gasteiger partial charge on any atom is -0.472 e. The number of aromatic amines is 1. The number of aliphatic hydroxyl groups is 1. The van der Waals surface area contributed by atoms with Crippen LogP contribution in [0.1, 0.15) is 96.6 Å². The van der Waals surface area contributed by atoms with Crippen molar-refractivity contribution < 1.29 is 77.3 Å². The van der Waals surface area contributed by atoms with Crippen molar-refractivity contribution >= 4 is 99.1 Å². The van der Waals surface area contributed by atoms with E-state index in [1.165, 1.54) is 0 Å². The first kappa shape index (κ1) is 64.1. The number of carbonyl (C=O) groups is 13. The molecule has 81 heavy (non-hydrogen) atoms. The second-order valence-corrected chi connectivity index (χ2v) is 21.5. The highest BCUT2D eigenvalue weighted by molar-refractivity contribution is 7.99. The Morgan fingerprint density at radius 2 is 1.47 bits per heavy atom. The SMILES string of the molecule is CCC(C)[C@@H]1NC(=O)[C@@H]2C[C@@H](O)CN2C(=O)[C@H](CC(N)=O)CC(=O)[C@@H]2CSc3[nH]c4ccc(CC(=O)CCCC(=O)CCOCCNC(=O)C#CC(=O)O)cc4c3C[C@H](NC1=O)C(=O)NCC(=O)N[C@@H]([C@@H](C)CC)C(=O)NCC(=O)N2. The summed E-state index contributed by atoms with van der Waals surface area (Å²) in [6.07, 6.45) is -2.08. The number of hydrogen-bond acceptors (Lipinski definition) is 16. The van der Waals surface area contributed by atoms with E-state index in [9.17, 15) is 67.4 Å². The van der Waals surface area contributed by atoms with Crippen molar-refractivity contribution in [3.8, 4) is 11.8 Å². The summed E-state index contributed by atoms with van der Waals surface area (Å²) in [7, 11) is 0. The van der Waals surface area contributed by atoms with Gasteiger partial charge in [-0.15, -0.1) is 11.8 Å². The second-order valence-electron chi connectivity index (χ2n) is 20.5. The smallest absolute Gasteiger partial charge is 0.382 e. The van der Waals surface area contributed by atoms with Gasteiger partial charge in [0.2, 0.25) is 47.3 Å². The number of carboxylic acid groups (broad SMARTS) is 1. The zero-order valence-electron chi connectivity index (χ0n) is 45.7. The molecule has 2 bridgehead atoms. The minimum atomic E-state index is -1.50. The van der Waals surface area contributed by atoms with E-state index in [0.29, 0.717) is 39.9 Å². The molecule has 26 nitrogen and oxygen atoms in total. The summed E-state index contributed by atoms with van der Waals surface area (Å²) < 4.78 is 5.36. The molecule has 3 aliphatic heterocycles. The van der Waals surface area contributed by atoms with Crippen LogP contribution in [0.2, 0.25) is 0 Å². The number of H-pyrrole nitrogens is 1. The number of aliphatic carboxylic acids is 1. The lowest BCUT2D eigenvalue weighted by Crippen LogP contribution is -2.59. The Labute approximate surface area is 471 Å². The quantitative estimate of drug-likeness (QED) is 0.0566. The molecule has 12 N–H and O–H groups in total. The third-order valence-corrected chi connectivity index (χ3v) is 15.4. The van der Waals surface area contributed by atoms with E-state index in [-0.39, 0.29) is 88.6 Å². The lowest BCUT2D eigenvalue weighted by Gasteiger charge is -2.31. The van der Waals surface area contributed by atoms with Crippen LogP contribution in [-0.2, 0) is 79.9 Å². The van der Waals surface area contributed by atoms with Gasteiger partial charge in [-0.2, -0.15) is 0 Å². The fraction of sp³-hybridized carbons (Fsp3) is 0.574. The fourth-order valence-corrected chi connectivity index (χ4v) is 10.6. The van der Waals surface area contributed by atoms with Crippen LogP contribution in [0.3, 0.4) is 0 Å². The third kappa shape index (κ3) is 19.2. The number of primary amides is 1. The van der Waals surface area contributed by atoms with E-state index in [4.69, 9.17) is 15.6 Å². The van der Waals surface area contributed by atoms with E-state index in [0.717, 1.165) is 16.7 Å². The first-order valence-corrected chi connectivity index (χ1v) is 27.9. The number of hydrogen-bond donors (Lipinski definition) is 11. The molecule has 4 heterocycles. The number of carbonyl (C=O) groups excluding carboxylic acids is 12. The van der Waals surface area contributed by atoms with Gasteiger partial charge < -0.3 is 67.8 Å². The van der Waals surface area contributed by atoms with Crippen molar-refractivity contribution in [2.75, 3.05) is 45.1 Å². The number of nitrogens with one attached hydrogen (secondary N) is 8. The molecule has 0 radical (unpaired) electrons. The summed E-state index contributed by atoms with van der Waals surface area (Å²) in [6, 6.07) is -1.77. The largest absolute Gasteiger partial charge is 0.472 e. The van der Waals surface area contributed by atoms with Gasteiger partial charge in [0.05, 0.1) is 49.4 Å². The third-order valence-electron chi connectivity index (χ3n) is 14.3. The number of carboxylic acids is 1.